The smallest absolute Gasteiger partial charge is 0.0281 e. The van der Waals surface area contributed by atoms with E-state index in [1.807, 2.05) is 30.5 Å². The van der Waals surface area contributed by atoms with Crippen LogP contribution in [0.15, 0.2) is 29.3 Å². The molecule has 0 heterocycles. The summed E-state index contributed by atoms with van der Waals surface area (Å²) < 4.78 is 0. The molecule has 0 unspecified atom stereocenters. The SMILES string of the molecule is CN=Cc1ccc(CN)cc1. The van der Waals surface area contributed by atoms with E-state index in [-0.39, 0.29) is 0 Å². The minimum atomic E-state index is 0.601. The van der Waals surface area contributed by atoms with Crippen LogP contribution in [0.5, 0.6) is 0 Å². The molecule has 11 heavy (non-hydrogen) atoms. The Labute approximate surface area is 66.8 Å². The molecule has 2 nitrogen and oxygen atoms in total. The summed E-state index contributed by atoms with van der Waals surface area (Å²) in [4.78, 5) is 3.91. The van der Waals surface area contributed by atoms with Crippen LogP contribution in [0.3, 0.4) is 0 Å². The topological polar surface area (TPSA) is 38.4 Å². The van der Waals surface area contributed by atoms with Gasteiger partial charge in [-0.1, -0.05) is 24.3 Å². The summed E-state index contributed by atoms with van der Waals surface area (Å²) in [5.74, 6) is 0. The van der Waals surface area contributed by atoms with E-state index in [0.717, 1.165) is 11.1 Å². The van der Waals surface area contributed by atoms with Crippen LogP contribution in [0, 0.1) is 0 Å². The van der Waals surface area contributed by atoms with Crippen LogP contribution in [0.2, 0.25) is 0 Å². The van der Waals surface area contributed by atoms with Crippen LogP contribution >= 0.6 is 0 Å². The zero-order chi connectivity index (χ0) is 8.10. The van der Waals surface area contributed by atoms with Crippen LogP contribution in [0.1, 0.15) is 11.1 Å². The van der Waals surface area contributed by atoms with Gasteiger partial charge < -0.3 is 5.73 Å². The van der Waals surface area contributed by atoms with Gasteiger partial charge in [0.15, 0.2) is 0 Å². The van der Waals surface area contributed by atoms with Crippen LogP contribution in [-0.4, -0.2) is 13.3 Å². The summed E-state index contributed by atoms with van der Waals surface area (Å²) in [7, 11) is 1.76. The lowest BCUT2D eigenvalue weighted by molar-refractivity contribution is 1.07. The number of nitrogens with zero attached hydrogens (tertiary/aromatic N) is 1. The summed E-state index contributed by atoms with van der Waals surface area (Å²) >= 11 is 0. The number of nitrogens with two attached hydrogens (primary N) is 1. The fourth-order valence-electron chi connectivity index (χ4n) is 0.889. The van der Waals surface area contributed by atoms with Crippen molar-refractivity contribution in [1.82, 2.24) is 0 Å². The van der Waals surface area contributed by atoms with Gasteiger partial charge in [0.2, 0.25) is 0 Å². The van der Waals surface area contributed by atoms with Gasteiger partial charge in [-0.2, -0.15) is 0 Å². The lowest BCUT2D eigenvalue weighted by atomic mass is 10.1. The molecule has 0 amide bonds. The van der Waals surface area contributed by atoms with Gasteiger partial charge in [0.05, 0.1) is 0 Å². The lowest BCUT2D eigenvalue weighted by Crippen LogP contribution is -1.95. The molecule has 1 aromatic carbocycles. The van der Waals surface area contributed by atoms with Crippen LogP contribution in [0.4, 0.5) is 0 Å². The molecule has 0 aliphatic rings. The number of rotatable bonds is 2. The Kier molecular flexibility index (Phi) is 2.81. The summed E-state index contributed by atoms with van der Waals surface area (Å²) in [6.45, 7) is 0.601. The van der Waals surface area contributed by atoms with Gasteiger partial charge in [-0.15, -0.1) is 0 Å². The molecule has 0 atom stereocenters. The largest absolute Gasteiger partial charge is 0.326 e. The van der Waals surface area contributed by atoms with E-state index in [4.69, 9.17) is 5.73 Å². The second kappa shape index (κ2) is 3.88. The lowest BCUT2D eigenvalue weighted by Gasteiger charge is -1.95. The van der Waals surface area contributed by atoms with Crippen molar-refractivity contribution in [2.24, 2.45) is 10.7 Å². The molecule has 1 rings (SSSR count). The van der Waals surface area contributed by atoms with Gasteiger partial charge in [-0.05, 0) is 11.1 Å². The van der Waals surface area contributed by atoms with Crippen LogP contribution < -0.4 is 5.73 Å². The Balaban J connectivity index is 2.82. The van der Waals surface area contributed by atoms with E-state index < -0.39 is 0 Å². The highest BCUT2D eigenvalue weighted by atomic mass is 14.6. The number of benzene rings is 1. The maximum Gasteiger partial charge on any atom is 0.0281 e. The fraction of sp³-hybridized carbons (Fsp3) is 0.222. The number of hydrogen-bond acceptors (Lipinski definition) is 2. The first-order chi connectivity index (χ1) is 5.36. The third-order valence-electron chi connectivity index (χ3n) is 1.49. The third kappa shape index (κ3) is 2.16. The van der Waals surface area contributed by atoms with Crippen molar-refractivity contribution in [2.45, 2.75) is 6.54 Å². The first-order valence-electron chi connectivity index (χ1n) is 3.58. The maximum absolute atomic E-state index is 5.44. The molecule has 0 saturated carbocycles. The first-order valence-corrected chi connectivity index (χ1v) is 3.58. The highest BCUT2D eigenvalue weighted by Crippen LogP contribution is 2.00. The summed E-state index contributed by atoms with van der Waals surface area (Å²) in [6, 6.07) is 8.04. The predicted octanol–water partition coefficient (Wildman–Crippen LogP) is 1.19. The Morgan fingerprint density at radius 3 is 2.45 bits per heavy atom. The number of aliphatic imine (C=N–C) groups is 1. The first kappa shape index (κ1) is 7.95. The van der Waals surface area contributed by atoms with Gasteiger partial charge in [-0.25, -0.2) is 0 Å². The molecule has 0 fully saturated rings. The predicted molar refractivity (Wildman–Crippen MR) is 47.9 cm³/mol. The minimum Gasteiger partial charge on any atom is -0.326 e. The maximum atomic E-state index is 5.44. The average Bonchev–Trinajstić information content (AvgIpc) is 2.07. The number of hydrogen-bond donors (Lipinski definition) is 1. The van der Waals surface area contributed by atoms with Crippen molar-refractivity contribution in [3.63, 3.8) is 0 Å². The molecule has 0 bridgehead atoms. The fourth-order valence-corrected chi connectivity index (χ4v) is 0.889. The van der Waals surface area contributed by atoms with Gasteiger partial charge in [0, 0.05) is 19.8 Å². The third-order valence-corrected chi connectivity index (χ3v) is 1.49. The molecular weight excluding hydrogens is 136 g/mol. The second-order valence-corrected chi connectivity index (χ2v) is 2.33. The molecule has 0 radical (unpaired) electrons. The highest BCUT2D eigenvalue weighted by molar-refractivity contribution is 5.79. The van der Waals surface area contributed by atoms with E-state index in [1.54, 1.807) is 7.05 Å². The minimum absolute atomic E-state index is 0.601. The Morgan fingerprint density at radius 2 is 2.00 bits per heavy atom. The molecule has 0 saturated heterocycles. The normalized spacial score (nSPS) is 10.7. The van der Waals surface area contributed by atoms with E-state index >= 15 is 0 Å². The van der Waals surface area contributed by atoms with Crippen molar-refractivity contribution < 1.29 is 0 Å². The molecule has 2 N–H and O–H groups in total. The molecule has 0 aromatic heterocycles. The van der Waals surface area contributed by atoms with Crippen LogP contribution in [0.25, 0.3) is 0 Å². The van der Waals surface area contributed by atoms with Gasteiger partial charge in [0.25, 0.3) is 0 Å². The van der Waals surface area contributed by atoms with E-state index in [9.17, 15) is 0 Å². The Hall–Kier alpha value is -1.15. The summed E-state index contributed by atoms with van der Waals surface area (Å²) in [5, 5.41) is 0. The highest BCUT2D eigenvalue weighted by Gasteiger charge is 1.87. The van der Waals surface area contributed by atoms with Crippen molar-refractivity contribution in [1.29, 1.82) is 0 Å². The summed E-state index contributed by atoms with van der Waals surface area (Å²) in [6.07, 6.45) is 1.82. The molecule has 2 heteroatoms. The quantitative estimate of drug-likeness (QED) is 0.629. The zero-order valence-corrected chi connectivity index (χ0v) is 6.62. The van der Waals surface area contributed by atoms with E-state index in [2.05, 4.69) is 4.99 Å². The van der Waals surface area contributed by atoms with Gasteiger partial charge in [0.1, 0.15) is 0 Å². The molecule has 1 aromatic rings. The average molecular weight is 148 g/mol. The Bertz CT molecular complexity index is 236. The molecule has 0 aliphatic carbocycles. The molecule has 0 spiro atoms. The van der Waals surface area contributed by atoms with Gasteiger partial charge >= 0.3 is 0 Å². The van der Waals surface area contributed by atoms with Gasteiger partial charge in [-0.3, -0.25) is 4.99 Å². The Morgan fingerprint density at radius 1 is 1.36 bits per heavy atom. The summed E-state index contributed by atoms with van der Waals surface area (Å²) in [5.41, 5.74) is 7.71. The molecular formula is C9H12N2. The van der Waals surface area contributed by atoms with E-state index in [1.165, 1.54) is 0 Å². The van der Waals surface area contributed by atoms with Crippen LogP contribution in [-0.2, 0) is 6.54 Å². The molecule has 0 aliphatic heterocycles. The van der Waals surface area contributed by atoms with Crippen molar-refractivity contribution >= 4 is 6.21 Å². The standard InChI is InChI=1S/C9H12N2/c1-11-7-9-4-2-8(6-10)3-5-9/h2-5,7H,6,10H2,1H3. The molecule has 58 valence electrons. The van der Waals surface area contributed by atoms with Crippen molar-refractivity contribution in [3.05, 3.63) is 35.4 Å². The van der Waals surface area contributed by atoms with Crippen molar-refractivity contribution in [3.8, 4) is 0 Å². The van der Waals surface area contributed by atoms with Crippen molar-refractivity contribution in [2.75, 3.05) is 7.05 Å². The van der Waals surface area contributed by atoms with E-state index in [0.29, 0.717) is 6.54 Å². The second-order valence-electron chi connectivity index (χ2n) is 2.33. The monoisotopic (exact) mass is 148 g/mol. The zero-order valence-electron chi connectivity index (χ0n) is 6.62.